The summed E-state index contributed by atoms with van der Waals surface area (Å²) in [7, 11) is 0. The lowest BCUT2D eigenvalue weighted by Crippen LogP contribution is -2.30. The third-order valence-electron chi connectivity index (χ3n) is 3.14. The molecule has 0 bridgehead atoms. The normalized spacial score (nSPS) is 19.2. The van der Waals surface area contributed by atoms with Gasteiger partial charge < -0.3 is 10.4 Å². The Labute approximate surface area is 113 Å². The van der Waals surface area contributed by atoms with Crippen LogP contribution in [-0.4, -0.2) is 29.3 Å². The molecular weight excluding hydrogens is 302 g/mol. The minimum absolute atomic E-state index is 0.0822. The third-order valence-corrected chi connectivity index (χ3v) is 4.85. The van der Waals surface area contributed by atoms with Crippen molar-refractivity contribution in [2.45, 2.75) is 18.9 Å². The van der Waals surface area contributed by atoms with E-state index in [0.29, 0.717) is 11.2 Å². The molecule has 0 aromatic carbocycles. The van der Waals surface area contributed by atoms with Crippen LogP contribution in [0, 0.1) is 5.92 Å². The van der Waals surface area contributed by atoms with E-state index < -0.39 is 6.10 Å². The summed E-state index contributed by atoms with van der Waals surface area (Å²) >= 11 is 4.58. The molecule has 0 radical (unpaired) electrons. The van der Waals surface area contributed by atoms with Gasteiger partial charge in [-0.1, -0.05) is 15.9 Å². The van der Waals surface area contributed by atoms with Crippen molar-refractivity contribution in [1.82, 2.24) is 5.32 Å². The molecule has 94 valence electrons. The molecule has 2 N–H and O–H groups in total. The van der Waals surface area contributed by atoms with Crippen LogP contribution in [0.1, 0.15) is 33.5 Å². The molecule has 1 unspecified atom stereocenters. The molecule has 0 amide bonds. The van der Waals surface area contributed by atoms with Gasteiger partial charge in [0.05, 0.1) is 16.3 Å². The lowest BCUT2D eigenvalue weighted by Gasteiger charge is -2.26. The molecule has 1 aliphatic rings. The minimum Gasteiger partial charge on any atom is -0.387 e. The van der Waals surface area contributed by atoms with Gasteiger partial charge in [0, 0.05) is 4.88 Å². The average molecular weight is 318 g/mol. The Kier molecular flexibility index (Phi) is 4.73. The van der Waals surface area contributed by atoms with Crippen molar-refractivity contribution in [3.8, 4) is 0 Å². The Morgan fingerprint density at radius 1 is 1.53 bits per heavy atom. The first-order valence-electron chi connectivity index (χ1n) is 5.80. The number of carbonyl (C=O) groups is 1. The number of hydrogen-bond donors (Lipinski definition) is 2. The van der Waals surface area contributed by atoms with E-state index in [1.165, 1.54) is 11.3 Å². The van der Waals surface area contributed by atoms with E-state index in [-0.39, 0.29) is 5.78 Å². The summed E-state index contributed by atoms with van der Waals surface area (Å²) in [5.41, 5.74) is 0. The number of piperidine rings is 1. The number of aliphatic hydroxyl groups excluding tert-OH is 1. The Balaban J connectivity index is 2.05. The number of nitrogens with one attached hydrogen (secondary N) is 1. The fraction of sp³-hybridized carbons (Fsp3) is 0.583. The van der Waals surface area contributed by atoms with E-state index in [1.807, 2.05) is 12.1 Å². The van der Waals surface area contributed by atoms with Crippen LogP contribution in [0.3, 0.4) is 0 Å². The van der Waals surface area contributed by atoms with Gasteiger partial charge in [-0.2, -0.15) is 0 Å². The van der Waals surface area contributed by atoms with Gasteiger partial charge in [0.15, 0.2) is 5.78 Å². The van der Waals surface area contributed by atoms with Crippen molar-refractivity contribution in [1.29, 1.82) is 0 Å². The Morgan fingerprint density at radius 2 is 2.24 bits per heavy atom. The SMILES string of the molecule is O=C(CBr)c1ccc(C(O)C2CCNCC2)s1. The largest absolute Gasteiger partial charge is 0.387 e. The van der Waals surface area contributed by atoms with Gasteiger partial charge in [0.1, 0.15) is 0 Å². The second kappa shape index (κ2) is 6.09. The number of halogens is 1. The molecule has 0 saturated carbocycles. The monoisotopic (exact) mass is 317 g/mol. The van der Waals surface area contributed by atoms with Crippen molar-refractivity contribution in [2.75, 3.05) is 18.4 Å². The lowest BCUT2D eigenvalue weighted by molar-refractivity contribution is 0.0920. The van der Waals surface area contributed by atoms with Crippen LogP contribution in [-0.2, 0) is 0 Å². The maximum Gasteiger partial charge on any atom is 0.183 e. The highest BCUT2D eigenvalue weighted by Crippen LogP contribution is 2.33. The molecule has 1 aliphatic heterocycles. The zero-order valence-corrected chi connectivity index (χ0v) is 11.9. The molecular formula is C12H16BrNO2S. The van der Waals surface area contributed by atoms with Crippen molar-refractivity contribution in [2.24, 2.45) is 5.92 Å². The van der Waals surface area contributed by atoms with Gasteiger partial charge >= 0.3 is 0 Å². The minimum atomic E-state index is -0.418. The molecule has 0 aliphatic carbocycles. The zero-order valence-electron chi connectivity index (χ0n) is 9.49. The topological polar surface area (TPSA) is 49.3 Å². The predicted molar refractivity (Wildman–Crippen MR) is 73.0 cm³/mol. The summed E-state index contributed by atoms with van der Waals surface area (Å²) in [5.74, 6) is 0.403. The van der Waals surface area contributed by atoms with E-state index in [9.17, 15) is 9.90 Å². The fourth-order valence-corrected chi connectivity index (χ4v) is 3.63. The molecule has 2 heterocycles. The molecule has 1 aromatic heterocycles. The molecule has 3 nitrogen and oxygen atoms in total. The molecule has 1 saturated heterocycles. The number of hydrogen-bond acceptors (Lipinski definition) is 4. The zero-order chi connectivity index (χ0) is 12.3. The highest BCUT2D eigenvalue weighted by molar-refractivity contribution is 9.09. The Hall–Kier alpha value is -0.230. The van der Waals surface area contributed by atoms with Crippen LogP contribution in [0.25, 0.3) is 0 Å². The molecule has 0 spiro atoms. The number of alkyl halides is 1. The van der Waals surface area contributed by atoms with Gasteiger partial charge in [-0.3, -0.25) is 4.79 Å². The van der Waals surface area contributed by atoms with E-state index in [1.54, 1.807) is 0 Å². The number of rotatable bonds is 4. The van der Waals surface area contributed by atoms with Crippen LogP contribution in [0.15, 0.2) is 12.1 Å². The van der Waals surface area contributed by atoms with Gasteiger partial charge in [-0.25, -0.2) is 0 Å². The summed E-state index contributed by atoms with van der Waals surface area (Å²) in [6, 6.07) is 3.70. The molecule has 1 fully saturated rings. The van der Waals surface area contributed by atoms with Crippen molar-refractivity contribution in [3.63, 3.8) is 0 Å². The van der Waals surface area contributed by atoms with Crippen molar-refractivity contribution < 1.29 is 9.90 Å². The number of aliphatic hydroxyl groups is 1. The first-order chi connectivity index (χ1) is 8.22. The fourth-order valence-electron chi connectivity index (χ4n) is 2.12. The van der Waals surface area contributed by atoms with E-state index in [4.69, 9.17) is 0 Å². The van der Waals surface area contributed by atoms with E-state index in [2.05, 4.69) is 21.2 Å². The number of thiophene rings is 1. The number of Topliss-reactive ketones (excluding diaryl/α,β-unsaturated/α-hetero) is 1. The van der Waals surface area contributed by atoms with E-state index in [0.717, 1.165) is 35.7 Å². The highest BCUT2D eigenvalue weighted by atomic mass is 79.9. The van der Waals surface area contributed by atoms with Crippen LogP contribution in [0.4, 0.5) is 0 Å². The van der Waals surface area contributed by atoms with Gasteiger partial charge in [-0.15, -0.1) is 11.3 Å². The highest BCUT2D eigenvalue weighted by Gasteiger charge is 2.24. The van der Waals surface area contributed by atoms with Crippen molar-refractivity contribution >= 4 is 33.0 Å². The van der Waals surface area contributed by atoms with Crippen molar-refractivity contribution in [3.05, 3.63) is 21.9 Å². The second-order valence-corrected chi connectivity index (χ2v) is 5.97. The average Bonchev–Trinajstić information content (AvgIpc) is 2.87. The summed E-state index contributed by atoms with van der Waals surface area (Å²) < 4.78 is 0. The van der Waals surface area contributed by atoms with Crippen LogP contribution in [0.5, 0.6) is 0 Å². The molecule has 1 atom stereocenters. The maximum atomic E-state index is 11.5. The summed E-state index contributed by atoms with van der Waals surface area (Å²) in [4.78, 5) is 13.1. The molecule has 5 heteroatoms. The standard InChI is InChI=1S/C12H16BrNO2S/c13-7-9(15)10-1-2-11(17-10)12(16)8-3-5-14-6-4-8/h1-2,8,12,14,16H,3-7H2. The van der Waals surface area contributed by atoms with Crippen LogP contribution < -0.4 is 5.32 Å². The van der Waals surface area contributed by atoms with Gasteiger partial charge in [0.25, 0.3) is 0 Å². The third kappa shape index (κ3) is 3.16. The maximum absolute atomic E-state index is 11.5. The number of carbonyl (C=O) groups excluding carboxylic acids is 1. The first-order valence-corrected chi connectivity index (χ1v) is 7.74. The predicted octanol–water partition coefficient (Wildman–Crippen LogP) is 2.36. The lowest BCUT2D eigenvalue weighted by atomic mass is 9.91. The summed E-state index contributed by atoms with van der Waals surface area (Å²) in [6.45, 7) is 1.95. The summed E-state index contributed by atoms with van der Waals surface area (Å²) in [5, 5.41) is 13.9. The smallest absolute Gasteiger partial charge is 0.183 e. The number of ketones is 1. The first kappa shape index (κ1) is 13.2. The quantitative estimate of drug-likeness (QED) is 0.662. The van der Waals surface area contributed by atoms with Gasteiger partial charge in [-0.05, 0) is 44.0 Å². The molecule has 2 rings (SSSR count). The molecule has 17 heavy (non-hydrogen) atoms. The van der Waals surface area contributed by atoms with E-state index >= 15 is 0 Å². The Bertz CT molecular complexity index is 388. The summed E-state index contributed by atoms with van der Waals surface area (Å²) in [6.07, 6.45) is 1.58. The molecule has 1 aromatic rings. The van der Waals surface area contributed by atoms with Crippen LogP contribution in [0.2, 0.25) is 0 Å². The Morgan fingerprint density at radius 3 is 2.88 bits per heavy atom. The van der Waals surface area contributed by atoms with Crippen LogP contribution >= 0.6 is 27.3 Å². The second-order valence-electron chi connectivity index (χ2n) is 4.29. The van der Waals surface area contributed by atoms with Gasteiger partial charge in [0.2, 0.25) is 0 Å².